The van der Waals surface area contributed by atoms with Gasteiger partial charge in [-0.3, -0.25) is 9.59 Å². The molecule has 0 saturated carbocycles. The summed E-state index contributed by atoms with van der Waals surface area (Å²) in [6.45, 7) is 1.07. The number of hydrogen-bond acceptors (Lipinski definition) is 5. The molecule has 0 atom stereocenters. The van der Waals surface area contributed by atoms with Crippen molar-refractivity contribution < 1.29 is 23.8 Å². The Kier molecular flexibility index (Phi) is 6.59. The fourth-order valence-corrected chi connectivity index (χ4v) is 3.42. The van der Waals surface area contributed by atoms with Gasteiger partial charge in [-0.05, 0) is 55.3 Å². The van der Waals surface area contributed by atoms with Gasteiger partial charge in [0.05, 0.1) is 21.3 Å². The molecule has 0 spiro atoms. The third-order valence-corrected chi connectivity index (χ3v) is 5.14. The molecule has 0 aromatic heterocycles. The number of nitrogens with one attached hydrogen (secondary N) is 1. The summed E-state index contributed by atoms with van der Waals surface area (Å²) >= 11 is 0. The first-order valence-corrected chi connectivity index (χ1v) is 9.52. The van der Waals surface area contributed by atoms with Gasteiger partial charge in [0.1, 0.15) is 5.75 Å². The molecule has 0 aliphatic carbocycles. The number of carbonyl (C=O) groups excluding carboxylic acids is 2. The van der Waals surface area contributed by atoms with E-state index in [2.05, 4.69) is 5.32 Å². The Hall–Kier alpha value is -3.22. The van der Waals surface area contributed by atoms with Gasteiger partial charge in [0, 0.05) is 30.3 Å². The second-order valence-electron chi connectivity index (χ2n) is 6.85. The van der Waals surface area contributed by atoms with Crippen LogP contribution in [-0.4, -0.2) is 51.1 Å². The zero-order valence-electron chi connectivity index (χ0n) is 16.9. The average Bonchev–Trinajstić information content (AvgIpc) is 2.78. The number of likely N-dealkylation sites (tertiary alicyclic amines) is 1. The number of methoxy groups -OCH3 is 3. The molecule has 0 unspecified atom stereocenters. The molecule has 0 bridgehead atoms. The lowest BCUT2D eigenvalue weighted by molar-refractivity contribution is -0.121. The minimum absolute atomic E-state index is 0.0200. The number of carbonyl (C=O) groups is 2. The highest BCUT2D eigenvalue weighted by molar-refractivity contribution is 5.96. The van der Waals surface area contributed by atoms with Crippen molar-refractivity contribution >= 4 is 17.5 Å². The van der Waals surface area contributed by atoms with Crippen LogP contribution in [0.25, 0.3) is 0 Å². The molecule has 29 heavy (non-hydrogen) atoms. The van der Waals surface area contributed by atoms with Gasteiger partial charge in [0.25, 0.3) is 5.91 Å². The van der Waals surface area contributed by atoms with E-state index >= 15 is 0 Å². The number of ether oxygens (including phenoxy) is 3. The number of benzene rings is 2. The number of hydrogen-bond donors (Lipinski definition) is 1. The largest absolute Gasteiger partial charge is 0.497 e. The minimum atomic E-state index is -0.119. The summed E-state index contributed by atoms with van der Waals surface area (Å²) in [5.41, 5.74) is 1.28. The molecular weight excluding hydrogens is 372 g/mol. The Morgan fingerprint density at radius 3 is 2.14 bits per heavy atom. The first-order chi connectivity index (χ1) is 14.0. The Labute approximate surface area is 170 Å². The van der Waals surface area contributed by atoms with Gasteiger partial charge in [-0.2, -0.15) is 0 Å². The molecule has 2 aromatic carbocycles. The third kappa shape index (κ3) is 4.80. The van der Waals surface area contributed by atoms with Gasteiger partial charge in [-0.15, -0.1) is 0 Å². The minimum Gasteiger partial charge on any atom is -0.497 e. The Morgan fingerprint density at radius 1 is 0.897 bits per heavy atom. The molecule has 2 aromatic rings. The van der Waals surface area contributed by atoms with Crippen molar-refractivity contribution in [3.05, 3.63) is 48.0 Å². The summed E-state index contributed by atoms with van der Waals surface area (Å²) in [6, 6.07) is 12.4. The van der Waals surface area contributed by atoms with Gasteiger partial charge in [-0.25, -0.2) is 0 Å². The van der Waals surface area contributed by atoms with Crippen LogP contribution in [0.3, 0.4) is 0 Å². The molecule has 154 valence electrons. The first-order valence-electron chi connectivity index (χ1n) is 9.52. The van der Waals surface area contributed by atoms with Crippen molar-refractivity contribution in [1.29, 1.82) is 0 Å². The highest BCUT2D eigenvalue weighted by atomic mass is 16.5. The van der Waals surface area contributed by atoms with Crippen LogP contribution >= 0.6 is 0 Å². The summed E-state index contributed by atoms with van der Waals surface area (Å²) in [5, 5.41) is 2.94. The van der Waals surface area contributed by atoms with E-state index in [1.165, 1.54) is 0 Å². The number of piperidine rings is 1. The molecule has 1 saturated heterocycles. The molecule has 1 aliphatic heterocycles. The average molecular weight is 398 g/mol. The fourth-order valence-electron chi connectivity index (χ4n) is 3.42. The fraction of sp³-hybridized carbons (Fsp3) is 0.364. The Morgan fingerprint density at radius 2 is 1.55 bits per heavy atom. The molecule has 2 amide bonds. The van der Waals surface area contributed by atoms with Gasteiger partial charge < -0.3 is 24.4 Å². The molecule has 7 nitrogen and oxygen atoms in total. The summed E-state index contributed by atoms with van der Waals surface area (Å²) in [4.78, 5) is 27.1. The zero-order chi connectivity index (χ0) is 20.8. The molecule has 1 heterocycles. The van der Waals surface area contributed by atoms with E-state index in [9.17, 15) is 9.59 Å². The maximum Gasteiger partial charge on any atom is 0.253 e. The number of rotatable bonds is 6. The SMILES string of the molecule is COc1ccc(NC(=O)C2CCN(C(=O)c3ccc(OC)c(OC)c3)CC2)cc1. The predicted molar refractivity (Wildman–Crippen MR) is 110 cm³/mol. The van der Waals surface area contributed by atoms with E-state index in [0.717, 1.165) is 11.4 Å². The van der Waals surface area contributed by atoms with Crippen LogP contribution in [0.15, 0.2) is 42.5 Å². The van der Waals surface area contributed by atoms with Crippen molar-refractivity contribution in [3.63, 3.8) is 0 Å². The number of nitrogens with zero attached hydrogens (tertiary/aromatic N) is 1. The molecule has 1 N–H and O–H groups in total. The van der Waals surface area contributed by atoms with Crippen LogP contribution in [0.2, 0.25) is 0 Å². The smallest absolute Gasteiger partial charge is 0.253 e. The first kappa shape index (κ1) is 20.5. The van der Waals surface area contributed by atoms with Crippen LogP contribution < -0.4 is 19.5 Å². The summed E-state index contributed by atoms with van der Waals surface area (Å²) in [5.74, 6) is 1.63. The highest BCUT2D eigenvalue weighted by Gasteiger charge is 2.28. The van der Waals surface area contributed by atoms with E-state index in [4.69, 9.17) is 14.2 Å². The van der Waals surface area contributed by atoms with E-state index in [1.54, 1.807) is 56.6 Å². The molecule has 1 fully saturated rings. The van der Waals surface area contributed by atoms with E-state index < -0.39 is 0 Å². The van der Waals surface area contributed by atoms with Crippen molar-refractivity contribution in [2.24, 2.45) is 5.92 Å². The topological polar surface area (TPSA) is 77.1 Å². The summed E-state index contributed by atoms with van der Waals surface area (Å²) in [7, 11) is 4.70. The van der Waals surface area contributed by atoms with Crippen molar-refractivity contribution in [2.75, 3.05) is 39.7 Å². The highest BCUT2D eigenvalue weighted by Crippen LogP contribution is 2.29. The lowest BCUT2D eigenvalue weighted by atomic mass is 9.95. The normalized spacial score (nSPS) is 14.2. The van der Waals surface area contributed by atoms with Gasteiger partial charge in [0.15, 0.2) is 11.5 Å². The molecule has 0 radical (unpaired) electrons. The van der Waals surface area contributed by atoms with Gasteiger partial charge in [-0.1, -0.05) is 0 Å². The van der Waals surface area contributed by atoms with E-state index in [1.807, 2.05) is 12.1 Å². The van der Waals surface area contributed by atoms with Gasteiger partial charge in [0.2, 0.25) is 5.91 Å². The van der Waals surface area contributed by atoms with Crippen LogP contribution in [0, 0.1) is 5.92 Å². The van der Waals surface area contributed by atoms with E-state index in [-0.39, 0.29) is 17.7 Å². The Balaban J connectivity index is 1.56. The second-order valence-corrected chi connectivity index (χ2v) is 6.85. The zero-order valence-corrected chi connectivity index (χ0v) is 16.9. The number of anilines is 1. The van der Waals surface area contributed by atoms with Crippen LogP contribution in [0.4, 0.5) is 5.69 Å². The molecular formula is C22H26N2O5. The maximum atomic E-state index is 12.8. The van der Waals surface area contributed by atoms with Crippen LogP contribution in [-0.2, 0) is 4.79 Å². The standard InChI is InChI=1S/C22H26N2O5/c1-27-18-7-5-17(6-8-18)23-21(25)15-10-12-24(13-11-15)22(26)16-4-9-19(28-2)20(14-16)29-3/h4-9,14-15H,10-13H2,1-3H3,(H,23,25). The van der Waals surface area contributed by atoms with Crippen LogP contribution in [0.5, 0.6) is 17.2 Å². The lowest BCUT2D eigenvalue weighted by Crippen LogP contribution is -2.41. The lowest BCUT2D eigenvalue weighted by Gasteiger charge is -2.31. The van der Waals surface area contributed by atoms with Crippen LogP contribution in [0.1, 0.15) is 23.2 Å². The monoisotopic (exact) mass is 398 g/mol. The Bertz CT molecular complexity index is 858. The van der Waals surface area contributed by atoms with Crippen molar-refractivity contribution in [2.45, 2.75) is 12.8 Å². The van der Waals surface area contributed by atoms with E-state index in [0.29, 0.717) is 43.0 Å². The van der Waals surface area contributed by atoms with Crippen molar-refractivity contribution in [3.8, 4) is 17.2 Å². The third-order valence-electron chi connectivity index (χ3n) is 5.14. The van der Waals surface area contributed by atoms with Gasteiger partial charge >= 0.3 is 0 Å². The molecule has 1 aliphatic rings. The summed E-state index contributed by atoms with van der Waals surface area (Å²) < 4.78 is 15.6. The second kappa shape index (κ2) is 9.32. The predicted octanol–water partition coefficient (Wildman–Crippen LogP) is 3.20. The number of amides is 2. The summed E-state index contributed by atoms with van der Waals surface area (Å²) in [6.07, 6.45) is 1.25. The molecule has 3 rings (SSSR count). The quantitative estimate of drug-likeness (QED) is 0.809. The maximum absolute atomic E-state index is 12.8. The molecule has 7 heteroatoms. The van der Waals surface area contributed by atoms with Crippen molar-refractivity contribution in [1.82, 2.24) is 4.90 Å².